The highest BCUT2D eigenvalue weighted by Crippen LogP contribution is 2.25. The van der Waals surface area contributed by atoms with Crippen LogP contribution in [0.25, 0.3) is 0 Å². The lowest BCUT2D eigenvalue weighted by Crippen LogP contribution is -2.54. The molecular formula is C24H22ClF2N5O2S. The Kier molecular flexibility index (Phi) is 7.82. The third-order valence-corrected chi connectivity index (χ3v) is 6.49. The number of amides is 2. The van der Waals surface area contributed by atoms with E-state index in [9.17, 15) is 18.4 Å². The number of para-hydroxylation sites is 1. The minimum absolute atomic E-state index is 0.0233. The van der Waals surface area contributed by atoms with Crippen molar-refractivity contribution in [2.24, 2.45) is 0 Å². The maximum atomic E-state index is 13.7. The summed E-state index contributed by atoms with van der Waals surface area (Å²) in [7, 11) is 0. The molecule has 2 heterocycles. The number of anilines is 2. The van der Waals surface area contributed by atoms with Gasteiger partial charge < -0.3 is 15.1 Å². The van der Waals surface area contributed by atoms with Gasteiger partial charge >= 0.3 is 0 Å². The van der Waals surface area contributed by atoms with Crippen molar-refractivity contribution >= 4 is 46.7 Å². The first kappa shape index (κ1) is 24.9. The summed E-state index contributed by atoms with van der Waals surface area (Å²) in [5.41, 5.74) is 0.539. The molecule has 2 amide bonds. The quantitative estimate of drug-likeness (QED) is 0.295. The van der Waals surface area contributed by atoms with Crippen LogP contribution in [0.1, 0.15) is 17.3 Å². The van der Waals surface area contributed by atoms with Crippen LogP contribution >= 0.6 is 23.4 Å². The summed E-state index contributed by atoms with van der Waals surface area (Å²) >= 11 is 7.29. The zero-order valence-corrected chi connectivity index (χ0v) is 20.3. The molecule has 1 N–H and O–H groups in total. The summed E-state index contributed by atoms with van der Waals surface area (Å²) in [6.45, 7) is 3.41. The van der Waals surface area contributed by atoms with E-state index in [2.05, 4.69) is 15.3 Å². The van der Waals surface area contributed by atoms with Crippen molar-refractivity contribution in [1.82, 2.24) is 14.9 Å². The molecule has 0 bridgehead atoms. The van der Waals surface area contributed by atoms with E-state index in [1.165, 1.54) is 36.4 Å². The molecule has 1 atom stereocenters. The van der Waals surface area contributed by atoms with E-state index in [1.807, 2.05) is 11.8 Å². The van der Waals surface area contributed by atoms with Crippen LogP contribution in [0, 0.1) is 11.6 Å². The third kappa shape index (κ3) is 6.26. The standard InChI is InChI=1S/C24H22ClF2N5O2S/c1-15-13-31(10-11-32(15)23(34)16-6-8-17(26)9-7-16)21-12-20(25)29-24(30-21)35-14-22(33)28-19-5-3-2-4-18(19)27/h2-9,12,15H,10-11,13-14H2,1H3,(H,28,33). The molecule has 11 heteroatoms. The Morgan fingerprint density at radius 1 is 1.11 bits per heavy atom. The number of carbonyl (C=O) groups excluding carboxylic acids is 2. The Morgan fingerprint density at radius 3 is 2.57 bits per heavy atom. The zero-order valence-electron chi connectivity index (χ0n) is 18.7. The lowest BCUT2D eigenvalue weighted by Gasteiger charge is -2.40. The summed E-state index contributed by atoms with van der Waals surface area (Å²) in [5.74, 6) is -0.897. The molecule has 2 aromatic carbocycles. The molecule has 1 saturated heterocycles. The number of nitrogens with zero attached hydrogens (tertiary/aromatic N) is 4. The minimum Gasteiger partial charge on any atom is -0.353 e. The van der Waals surface area contributed by atoms with Gasteiger partial charge in [0.2, 0.25) is 5.91 Å². The van der Waals surface area contributed by atoms with Gasteiger partial charge in [-0.25, -0.2) is 18.7 Å². The van der Waals surface area contributed by atoms with Crippen molar-refractivity contribution < 1.29 is 18.4 Å². The summed E-state index contributed by atoms with van der Waals surface area (Å²) in [5, 5.41) is 3.06. The van der Waals surface area contributed by atoms with Crippen LogP contribution in [0.2, 0.25) is 5.15 Å². The first-order chi connectivity index (χ1) is 16.8. The van der Waals surface area contributed by atoms with Crippen molar-refractivity contribution in [3.05, 3.63) is 76.9 Å². The van der Waals surface area contributed by atoms with Crippen LogP contribution in [-0.2, 0) is 4.79 Å². The SMILES string of the molecule is CC1CN(c2cc(Cl)nc(SCC(=O)Nc3ccccc3F)n2)CCN1C(=O)c1ccc(F)cc1. The predicted octanol–water partition coefficient (Wildman–Crippen LogP) is 4.49. The number of aromatic nitrogens is 2. The van der Waals surface area contributed by atoms with E-state index in [4.69, 9.17) is 11.6 Å². The van der Waals surface area contributed by atoms with Crippen molar-refractivity contribution in [3.63, 3.8) is 0 Å². The molecule has 3 aromatic rings. The van der Waals surface area contributed by atoms with E-state index in [-0.39, 0.29) is 28.5 Å². The van der Waals surface area contributed by atoms with Crippen molar-refractivity contribution in [2.75, 3.05) is 35.6 Å². The molecule has 1 aliphatic heterocycles. The van der Waals surface area contributed by atoms with Gasteiger partial charge in [-0.1, -0.05) is 35.5 Å². The molecule has 0 spiro atoms. The number of thioether (sulfide) groups is 1. The fraction of sp³-hybridized carbons (Fsp3) is 0.250. The number of carbonyl (C=O) groups is 2. The summed E-state index contributed by atoms with van der Waals surface area (Å²) in [4.78, 5) is 37.5. The molecule has 1 fully saturated rings. The fourth-order valence-electron chi connectivity index (χ4n) is 3.72. The molecular weight excluding hydrogens is 496 g/mol. The maximum Gasteiger partial charge on any atom is 0.254 e. The van der Waals surface area contributed by atoms with Crippen LogP contribution in [0.3, 0.4) is 0 Å². The second kappa shape index (κ2) is 11.0. The number of piperazine rings is 1. The lowest BCUT2D eigenvalue weighted by atomic mass is 10.1. The lowest BCUT2D eigenvalue weighted by molar-refractivity contribution is -0.113. The van der Waals surface area contributed by atoms with Crippen LogP contribution in [0.15, 0.2) is 59.8 Å². The first-order valence-corrected chi connectivity index (χ1v) is 12.2. The van der Waals surface area contributed by atoms with Crippen molar-refractivity contribution in [1.29, 1.82) is 0 Å². The van der Waals surface area contributed by atoms with Crippen molar-refractivity contribution in [2.45, 2.75) is 18.1 Å². The summed E-state index contributed by atoms with van der Waals surface area (Å²) < 4.78 is 26.9. The van der Waals surface area contributed by atoms with Gasteiger partial charge in [-0.3, -0.25) is 9.59 Å². The number of hydrogen-bond donors (Lipinski definition) is 1. The number of nitrogens with one attached hydrogen (secondary N) is 1. The van der Waals surface area contributed by atoms with Gasteiger partial charge in [0.1, 0.15) is 22.6 Å². The molecule has 4 rings (SSSR count). The zero-order chi connectivity index (χ0) is 24.9. The minimum atomic E-state index is -0.515. The molecule has 0 saturated carbocycles. The second-order valence-corrected chi connectivity index (χ2v) is 9.28. The predicted molar refractivity (Wildman–Crippen MR) is 132 cm³/mol. The molecule has 0 radical (unpaired) electrons. The Balaban J connectivity index is 1.38. The van der Waals surface area contributed by atoms with Gasteiger partial charge in [-0.15, -0.1) is 0 Å². The van der Waals surface area contributed by atoms with E-state index < -0.39 is 17.5 Å². The van der Waals surface area contributed by atoms with Crippen LogP contribution < -0.4 is 10.2 Å². The van der Waals surface area contributed by atoms with Crippen LogP contribution in [-0.4, -0.2) is 58.1 Å². The summed E-state index contributed by atoms with van der Waals surface area (Å²) in [6, 6.07) is 12.9. The van der Waals surface area contributed by atoms with Gasteiger partial charge in [0.15, 0.2) is 5.16 Å². The number of hydrogen-bond acceptors (Lipinski definition) is 6. The van der Waals surface area contributed by atoms with Gasteiger partial charge in [0.25, 0.3) is 5.91 Å². The largest absolute Gasteiger partial charge is 0.353 e. The molecule has 1 unspecified atom stereocenters. The number of benzene rings is 2. The number of rotatable bonds is 6. The molecule has 7 nitrogen and oxygen atoms in total. The molecule has 182 valence electrons. The Morgan fingerprint density at radius 2 is 1.86 bits per heavy atom. The highest BCUT2D eigenvalue weighted by molar-refractivity contribution is 7.99. The van der Waals surface area contributed by atoms with Gasteiger partial charge in [-0.2, -0.15) is 0 Å². The third-order valence-electron chi connectivity index (χ3n) is 5.44. The monoisotopic (exact) mass is 517 g/mol. The van der Waals surface area contributed by atoms with Gasteiger partial charge in [0.05, 0.1) is 11.4 Å². The van der Waals surface area contributed by atoms with E-state index in [0.29, 0.717) is 36.2 Å². The van der Waals surface area contributed by atoms with Gasteiger partial charge in [-0.05, 0) is 43.3 Å². The van der Waals surface area contributed by atoms with Crippen LogP contribution in [0.4, 0.5) is 20.3 Å². The topological polar surface area (TPSA) is 78.4 Å². The molecule has 35 heavy (non-hydrogen) atoms. The van der Waals surface area contributed by atoms with Crippen LogP contribution in [0.5, 0.6) is 0 Å². The van der Waals surface area contributed by atoms with Gasteiger partial charge in [0, 0.05) is 37.3 Å². The maximum absolute atomic E-state index is 13.7. The molecule has 1 aromatic heterocycles. The Hall–Kier alpha value is -3.24. The van der Waals surface area contributed by atoms with E-state index in [1.54, 1.807) is 23.1 Å². The Bertz CT molecular complexity index is 1230. The first-order valence-electron chi connectivity index (χ1n) is 10.8. The molecule has 0 aliphatic carbocycles. The smallest absolute Gasteiger partial charge is 0.254 e. The molecule has 1 aliphatic rings. The Labute approximate surface area is 210 Å². The van der Waals surface area contributed by atoms with E-state index >= 15 is 0 Å². The summed E-state index contributed by atoms with van der Waals surface area (Å²) in [6.07, 6.45) is 0. The van der Waals surface area contributed by atoms with E-state index in [0.717, 1.165) is 11.8 Å². The normalized spacial score (nSPS) is 15.7. The average Bonchev–Trinajstić information content (AvgIpc) is 2.84. The number of halogens is 3. The highest BCUT2D eigenvalue weighted by Gasteiger charge is 2.29. The second-order valence-electron chi connectivity index (χ2n) is 7.95. The average molecular weight is 518 g/mol. The highest BCUT2D eigenvalue weighted by atomic mass is 35.5. The fourth-order valence-corrected chi connectivity index (χ4v) is 4.60. The van der Waals surface area contributed by atoms with Crippen molar-refractivity contribution in [3.8, 4) is 0 Å².